The van der Waals surface area contributed by atoms with Crippen LogP contribution in [0, 0.1) is 3.57 Å². The summed E-state index contributed by atoms with van der Waals surface area (Å²) >= 11 is 7.35. The van der Waals surface area contributed by atoms with E-state index in [1.54, 1.807) is 6.07 Å². The summed E-state index contributed by atoms with van der Waals surface area (Å²) < 4.78 is 0.894. The van der Waals surface area contributed by atoms with Crippen LogP contribution in [0.5, 0.6) is 0 Å². The summed E-state index contributed by atoms with van der Waals surface area (Å²) in [5.74, 6) is -0.202. The first-order valence-corrected chi connectivity index (χ1v) is 9.04. The molecule has 0 aliphatic rings. The molecule has 0 radical (unpaired) electrons. The van der Waals surface area contributed by atoms with E-state index in [0.29, 0.717) is 10.7 Å². The van der Waals surface area contributed by atoms with E-state index in [1.807, 2.05) is 30.3 Å². The van der Waals surface area contributed by atoms with Gasteiger partial charge in [0.05, 0.1) is 5.56 Å². The Kier molecular flexibility index (Phi) is 6.98. The lowest BCUT2D eigenvalue weighted by molar-refractivity contribution is 0.0977. The number of rotatable bonds is 5. The third-order valence-corrected chi connectivity index (χ3v) is 4.52. The highest BCUT2D eigenvalue weighted by Crippen LogP contribution is 2.13. The Labute approximate surface area is 156 Å². The fourth-order valence-electron chi connectivity index (χ4n) is 2.11. The zero-order valence-electron chi connectivity index (χ0n) is 12.9. The fraction of sp³-hybridized carbons (Fsp3) is 0.222. The third-order valence-electron chi connectivity index (χ3n) is 3.38. The lowest BCUT2D eigenvalue weighted by Crippen LogP contribution is -2.34. The first kappa shape index (κ1) is 17.9. The molecule has 2 N–H and O–H groups in total. The topological polar surface area (TPSA) is 41.1 Å². The van der Waals surface area contributed by atoms with Gasteiger partial charge in [0.25, 0.3) is 5.91 Å². The maximum Gasteiger partial charge on any atom is 0.258 e. The number of benzene rings is 2. The van der Waals surface area contributed by atoms with Gasteiger partial charge in [0.2, 0.25) is 0 Å². The first-order valence-electron chi connectivity index (χ1n) is 7.56. The second kappa shape index (κ2) is 8.98. The fourth-order valence-corrected chi connectivity index (χ4v) is 2.96. The van der Waals surface area contributed by atoms with Crippen LogP contribution in [0.4, 0.5) is 5.69 Å². The number of carbonyl (C=O) groups is 1. The van der Waals surface area contributed by atoms with Crippen molar-refractivity contribution in [3.63, 3.8) is 0 Å². The van der Waals surface area contributed by atoms with E-state index in [-0.39, 0.29) is 5.91 Å². The smallest absolute Gasteiger partial charge is 0.258 e. The van der Waals surface area contributed by atoms with Crippen molar-refractivity contribution < 1.29 is 4.79 Å². The number of thiocarbonyl (C=S) groups is 1. The number of unbranched alkanes of at least 4 members (excludes halogenated alkanes) is 1. The van der Waals surface area contributed by atoms with Gasteiger partial charge in [-0.25, -0.2) is 0 Å². The van der Waals surface area contributed by atoms with Gasteiger partial charge >= 0.3 is 0 Å². The molecule has 23 heavy (non-hydrogen) atoms. The van der Waals surface area contributed by atoms with Crippen LogP contribution in [0.3, 0.4) is 0 Å². The highest BCUT2D eigenvalue weighted by atomic mass is 127. The van der Waals surface area contributed by atoms with E-state index in [2.05, 4.69) is 52.3 Å². The monoisotopic (exact) mass is 438 g/mol. The minimum absolute atomic E-state index is 0.202. The van der Waals surface area contributed by atoms with Crippen LogP contribution in [-0.4, -0.2) is 11.0 Å². The molecular formula is C18H19IN2OS. The van der Waals surface area contributed by atoms with E-state index in [1.165, 1.54) is 18.4 Å². The highest BCUT2D eigenvalue weighted by Gasteiger charge is 2.10. The van der Waals surface area contributed by atoms with Crippen LogP contribution < -0.4 is 10.6 Å². The molecule has 0 bridgehead atoms. The number of anilines is 1. The number of hydrogen-bond acceptors (Lipinski definition) is 2. The Morgan fingerprint density at radius 3 is 2.48 bits per heavy atom. The summed E-state index contributed by atoms with van der Waals surface area (Å²) in [5, 5.41) is 6.06. The Hall–Kier alpha value is -1.47. The SMILES string of the molecule is CCCCc1ccc(NC(=S)NC(=O)c2ccccc2I)cc1. The molecule has 5 heteroatoms. The number of carbonyl (C=O) groups excluding carboxylic acids is 1. The zero-order valence-corrected chi connectivity index (χ0v) is 15.9. The van der Waals surface area contributed by atoms with Crippen molar-refractivity contribution in [2.45, 2.75) is 26.2 Å². The minimum Gasteiger partial charge on any atom is -0.332 e. The quantitative estimate of drug-likeness (QED) is 0.523. The maximum absolute atomic E-state index is 12.2. The second-order valence-electron chi connectivity index (χ2n) is 5.19. The van der Waals surface area contributed by atoms with Gasteiger partial charge in [-0.05, 0) is 77.5 Å². The summed E-state index contributed by atoms with van der Waals surface area (Å²) in [6, 6.07) is 15.5. The predicted molar refractivity (Wildman–Crippen MR) is 108 cm³/mol. The number of amides is 1. The van der Waals surface area contributed by atoms with Gasteiger partial charge < -0.3 is 5.32 Å². The van der Waals surface area contributed by atoms with Crippen LogP contribution >= 0.6 is 34.8 Å². The molecule has 0 atom stereocenters. The van der Waals surface area contributed by atoms with Crippen LogP contribution in [-0.2, 0) is 6.42 Å². The number of halogens is 1. The first-order chi connectivity index (χ1) is 11.1. The predicted octanol–water partition coefficient (Wildman–Crippen LogP) is 4.76. The van der Waals surface area contributed by atoms with Crippen molar-refractivity contribution in [2.24, 2.45) is 0 Å². The molecule has 1 amide bonds. The Balaban J connectivity index is 1.92. The number of aryl methyl sites for hydroxylation is 1. The molecule has 0 aliphatic carbocycles. The molecule has 0 heterocycles. The van der Waals surface area contributed by atoms with E-state index in [9.17, 15) is 4.79 Å². The van der Waals surface area contributed by atoms with E-state index in [4.69, 9.17) is 12.2 Å². The van der Waals surface area contributed by atoms with Crippen LogP contribution in [0.25, 0.3) is 0 Å². The minimum atomic E-state index is -0.202. The lowest BCUT2D eigenvalue weighted by atomic mass is 10.1. The van der Waals surface area contributed by atoms with E-state index < -0.39 is 0 Å². The summed E-state index contributed by atoms with van der Waals surface area (Å²) in [7, 11) is 0. The van der Waals surface area contributed by atoms with Crippen molar-refractivity contribution in [1.82, 2.24) is 5.32 Å². The Morgan fingerprint density at radius 1 is 1.13 bits per heavy atom. The van der Waals surface area contributed by atoms with Crippen molar-refractivity contribution >= 4 is 51.5 Å². The molecule has 0 aliphatic heterocycles. The largest absolute Gasteiger partial charge is 0.332 e. The molecule has 0 saturated carbocycles. The molecule has 2 aromatic carbocycles. The summed E-state index contributed by atoms with van der Waals surface area (Å²) in [5.41, 5.74) is 2.80. The summed E-state index contributed by atoms with van der Waals surface area (Å²) in [4.78, 5) is 12.2. The Morgan fingerprint density at radius 2 is 1.83 bits per heavy atom. The molecular weight excluding hydrogens is 419 g/mol. The van der Waals surface area contributed by atoms with Gasteiger partial charge in [-0.1, -0.05) is 37.6 Å². The van der Waals surface area contributed by atoms with Gasteiger partial charge in [-0.3, -0.25) is 10.1 Å². The number of hydrogen-bond donors (Lipinski definition) is 2. The molecule has 0 fully saturated rings. The standard InChI is InChI=1S/C18H19IN2OS/c1-2-3-6-13-9-11-14(12-10-13)20-18(23)21-17(22)15-7-4-5-8-16(15)19/h4-5,7-12H,2-3,6H2,1H3,(H2,20,21,22,23). The van der Waals surface area contributed by atoms with Crippen molar-refractivity contribution in [1.29, 1.82) is 0 Å². The third kappa shape index (κ3) is 5.58. The van der Waals surface area contributed by atoms with E-state index in [0.717, 1.165) is 15.7 Å². The number of nitrogens with one attached hydrogen (secondary N) is 2. The molecule has 0 spiro atoms. The maximum atomic E-state index is 12.2. The van der Waals surface area contributed by atoms with Crippen molar-refractivity contribution in [3.05, 3.63) is 63.2 Å². The van der Waals surface area contributed by atoms with Crippen LogP contribution in [0.15, 0.2) is 48.5 Å². The van der Waals surface area contributed by atoms with Crippen molar-refractivity contribution in [2.75, 3.05) is 5.32 Å². The van der Waals surface area contributed by atoms with Gasteiger partial charge in [-0.2, -0.15) is 0 Å². The van der Waals surface area contributed by atoms with Gasteiger partial charge in [0.15, 0.2) is 5.11 Å². The summed E-state index contributed by atoms with van der Waals surface area (Å²) in [6.45, 7) is 2.19. The molecule has 2 rings (SSSR count). The van der Waals surface area contributed by atoms with Crippen molar-refractivity contribution in [3.8, 4) is 0 Å². The van der Waals surface area contributed by atoms with Gasteiger partial charge in [-0.15, -0.1) is 0 Å². The molecule has 0 saturated heterocycles. The average molecular weight is 438 g/mol. The zero-order chi connectivity index (χ0) is 16.7. The van der Waals surface area contributed by atoms with Crippen LogP contribution in [0.1, 0.15) is 35.7 Å². The highest BCUT2D eigenvalue weighted by molar-refractivity contribution is 14.1. The lowest BCUT2D eigenvalue weighted by Gasteiger charge is -2.11. The molecule has 2 aromatic rings. The van der Waals surface area contributed by atoms with Crippen LogP contribution in [0.2, 0.25) is 0 Å². The van der Waals surface area contributed by atoms with Gasteiger partial charge in [0, 0.05) is 9.26 Å². The summed E-state index contributed by atoms with van der Waals surface area (Å²) in [6.07, 6.45) is 3.47. The second-order valence-corrected chi connectivity index (χ2v) is 6.76. The Bertz CT molecular complexity index is 686. The van der Waals surface area contributed by atoms with E-state index >= 15 is 0 Å². The average Bonchev–Trinajstić information content (AvgIpc) is 2.54. The molecule has 3 nitrogen and oxygen atoms in total. The normalized spacial score (nSPS) is 10.2. The molecule has 0 unspecified atom stereocenters. The molecule has 0 aromatic heterocycles. The van der Waals surface area contributed by atoms with Gasteiger partial charge in [0.1, 0.15) is 0 Å². The molecule has 120 valence electrons.